The average Bonchev–Trinajstić information content (AvgIpc) is 2.62. The number of pyridine rings is 1. The predicted molar refractivity (Wildman–Crippen MR) is 87.1 cm³/mol. The molecule has 0 saturated carbocycles. The molecule has 0 fully saturated rings. The summed E-state index contributed by atoms with van der Waals surface area (Å²) in [5.74, 6) is -0.597. The lowest BCUT2D eigenvalue weighted by molar-refractivity contribution is -0.142. The summed E-state index contributed by atoms with van der Waals surface area (Å²) in [4.78, 5) is 31.7. The molecule has 0 radical (unpaired) electrons. The van der Waals surface area contributed by atoms with Gasteiger partial charge in [0.25, 0.3) is 5.56 Å². The topological polar surface area (TPSA) is 76.9 Å². The fraction of sp³-hybridized carbons (Fsp3) is 0.176. The maximum Gasteiger partial charge on any atom is 0.438 e. The number of hydrogen-bond acceptors (Lipinski definition) is 4. The number of alkyl halides is 3. The molecule has 0 atom stereocenters. The van der Waals surface area contributed by atoms with Crippen LogP contribution < -0.4 is 10.9 Å². The maximum atomic E-state index is 13.1. The first kappa shape index (κ1) is 17.6. The van der Waals surface area contributed by atoms with E-state index in [0.29, 0.717) is 0 Å². The Labute approximate surface area is 145 Å². The minimum atomic E-state index is -4.91. The van der Waals surface area contributed by atoms with Crippen molar-refractivity contribution >= 4 is 16.9 Å². The summed E-state index contributed by atoms with van der Waals surface area (Å²) >= 11 is 0. The Morgan fingerprint density at radius 3 is 2.62 bits per heavy atom. The molecule has 1 aromatic carbocycles. The van der Waals surface area contributed by atoms with Gasteiger partial charge in [0.15, 0.2) is 0 Å². The van der Waals surface area contributed by atoms with Gasteiger partial charge in [-0.15, -0.1) is 0 Å². The number of amides is 1. The Kier molecular flexibility index (Phi) is 4.70. The number of aromatic nitrogens is 3. The predicted octanol–water partition coefficient (Wildman–Crippen LogP) is 2.13. The fourth-order valence-electron chi connectivity index (χ4n) is 2.44. The van der Waals surface area contributed by atoms with Gasteiger partial charge in [-0.1, -0.05) is 18.2 Å². The lowest BCUT2D eigenvalue weighted by Crippen LogP contribution is -2.36. The molecular formula is C17H13F3N4O2. The van der Waals surface area contributed by atoms with Gasteiger partial charge < -0.3 is 5.32 Å². The third kappa shape index (κ3) is 3.71. The summed E-state index contributed by atoms with van der Waals surface area (Å²) in [6.45, 7) is -0.401. The fourth-order valence-corrected chi connectivity index (χ4v) is 2.44. The Morgan fingerprint density at radius 2 is 1.92 bits per heavy atom. The van der Waals surface area contributed by atoms with Crippen molar-refractivity contribution in [3.8, 4) is 0 Å². The number of fused-ring (bicyclic) bond motifs is 1. The van der Waals surface area contributed by atoms with E-state index in [-0.39, 0.29) is 17.6 Å². The normalized spacial score (nSPS) is 11.5. The molecule has 26 heavy (non-hydrogen) atoms. The van der Waals surface area contributed by atoms with Gasteiger partial charge in [0.05, 0.1) is 11.0 Å². The van der Waals surface area contributed by atoms with Crippen LogP contribution in [0, 0.1) is 0 Å². The van der Waals surface area contributed by atoms with Gasteiger partial charge in [0.2, 0.25) is 11.6 Å². The van der Waals surface area contributed by atoms with Crippen LogP contribution in [-0.2, 0) is 24.1 Å². The van der Waals surface area contributed by atoms with Gasteiger partial charge in [0, 0.05) is 18.9 Å². The van der Waals surface area contributed by atoms with Crippen molar-refractivity contribution in [1.29, 1.82) is 0 Å². The number of carbonyl (C=O) groups excluding carboxylic acids is 1. The Morgan fingerprint density at radius 1 is 1.15 bits per heavy atom. The van der Waals surface area contributed by atoms with E-state index >= 15 is 0 Å². The molecule has 134 valence electrons. The van der Waals surface area contributed by atoms with E-state index < -0.39 is 29.9 Å². The molecule has 0 aliphatic carbocycles. The third-order valence-corrected chi connectivity index (χ3v) is 3.64. The Balaban J connectivity index is 1.92. The summed E-state index contributed by atoms with van der Waals surface area (Å²) in [5.41, 5.74) is -2.03. The number of nitrogens with one attached hydrogen (secondary N) is 1. The van der Waals surface area contributed by atoms with E-state index in [4.69, 9.17) is 0 Å². The first-order chi connectivity index (χ1) is 12.4. The Hall–Kier alpha value is -3.23. The number of halogens is 3. The van der Waals surface area contributed by atoms with Crippen LogP contribution in [0.2, 0.25) is 0 Å². The van der Waals surface area contributed by atoms with E-state index in [0.717, 1.165) is 10.1 Å². The highest BCUT2D eigenvalue weighted by Crippen LogP contribution is 2.26. The van der Waals surface area contributed by atoms with E-state index in [1.54, 1.807) is 30.6 Å². The Bertz CT molecular complexity index is 1000. The van der Waals surface area contributed by atoms with Crippen molar-refractivity contribution in [3.63, 3.8) is 0 Å². The molecule has 0 aliphatic rings. The van der Waals surface area contributed by atoms with Crippen molar-refractivity contribution in [2.24, 2.45) is 0 Å². The SMILES string of the molecule is O=C(Cn1c(=O)c(C(F)(F)F)nc2ccccc21)NCc1cccnc1. The van der Waals surface area contributed by atoms with Crippen molar-refractivity contribution in [2.45, 2.75) is 19.3 Å². The second-order valence-corrected chi connectivity index (χ2v) is 5.48. The van der Waals surface area contributed by atoms with Crippen LogP contribution >= 0.6 is 0 Å². The van der Waals surface area contributed by atoms with Gasteiger partial charge in [-0.2, -0.15) is 13.2 Å². The first-order valence-corrected chi connectivity index (χ1v) is 7.58. The molecule has 0 saturated heterocycles. The van der Waals surface area contributed by atoms with Crippen LogP contribution in [-0.4, -0.2) is 20.4 Å². The third-order valence-electron chi connectivity index (χ3n) is 3.64. The van der Waals surface area contributed by atoms with Crippen molar-refractivity contribution < 1.29 is 18.0 Å². The highest BCUT2D eigenvalue weighted by atomic mass is 19.4. The van der Waals surface area contributed by atoms with Crippen LogP contribution in [0.4, 0.5) is 13.2 Å². The molecule has 6 nitrogen and oxygen atoms in total. The summed E-state index contributed by atoms with van der Waals surface area (Å²) in [6, 6.07) is 9.29. The zero-order chi connectivity index (χ0) is 18.7. The molecular weight excluding hydrogens is 349 g/mol. The van der Waals surface area contributed by atoms with Crippen molar-refractivity contribution in [3.05, 3.63) is 70.4 Å². The van der Waals surface area contributed by atoms with Gasteiger partial charge in [0.1, 0.15) is 6.54 Å². The monoisotopic (exact) mass is 362 g/mol. The second-order valence-electron chi connectivity index (χ2n) is 5.48. The molecule has 2 aromatic heterocycles. The van der Waals surface area contributed by atoms with Crippen LogP contribution in [0.15, 0.2) is 53.6 Å². The summed E-state index contributed by atoms with van der Waals surface area (Å²) in [7, 11) is 0. The lowest BCUT2D eigenvalue weighted by atomic mass is 10.2. The van der Waals surface area contributed by atoms with Crippen LogP contribution in [0.5, 0.6) is 0 Å². The quantitative estimate of drug-likeness (QED) is 0.771. The smallest absolute Gasteiger partial charge is 0.350 e. The van der Waals surface area contributed by atoms with Crippen LogP contribution in [0.25, 0.3) is 11.0 Å². The molecule has 0 aliphatic heterocycles. The molecule has 1 amide bonds. The maximum absolute atomic E-state index is 13.1. The summed E-state index contributed by atoms with van der Waals surface area (Å²) < 4.78 is 40.0. The number of carbonyl (C=O) groups is 1. The average molecular weight is 362 g/mol. The largest absolute Gasteiger partial charge is 0.438 e. The van der Waals surface area contributed by atoms with Gasteiger partial charge in [-0.25, -0.2) is 4.98 Å². The number of benzene rings is 1. The van der Waals surface area contributed by atoms with Crippen molar-refractivity contribution in [1.82, 2.24) is 19.9 Å². The molecule has 3 aromatic rings. The molecule has 1 N–H and O–H groups in total. The van der Waals surface area contributed by atoms with Gasteiger partial charge in [-0.05, 0) is 23.8 Å². The van der Waals surface area contributed by atoms with Gasteiger partial charge in [-0.3, -0.25) is 19.1 Å². The molecule has 2 heterocycles. The number of para-hydroxylation sites is 2. The van der Waals surface area contributed by atoms with E-state index in [1.165, 1.54) is 18.2 Å². The first-order valence-electron chi connectivity index (χ1n) is 7.58. The van der Waals surface area contributed by atoms with Crippen LogP contribution in [0.3, 0.4) is 0 Å². The summed E-state index contributed by atoms with van der Waals surface area (Å²) in [6.07, 6.45) is -1.78. The molecule has 0 bridgehead atoms. The zero-order valence-electron chi connectivity index (χ0n) is 13.3. The van der Waals surface area contributed by atoms with E-state index in [9.17, 15) is 22.8 Å². The number of nitrogens with zero attached hydrogens (tertiary/aromatic N) is 3. The summed E-state index contributed by atoms with van der Waals surface area (Å²) in [5, 5.41) is 2.56. The standard InChI is InChI=1S/C17H13F3N4O2/c18-17(19,20)15-16(26)24(13-6-2-1-5-12(13)23-15)10-14(25)22-9-11-4-3-7-21-8-11/h1-8H,9-10H2,(H,22,25). The zero-order valence-corrected chi connectivity index (χ0v) is 13.3. The minimum Gasteiger partial charge on any atom is -0.350 e. The molecule has 0 spiro atoms. The van der Waals surface area contributed by atoms with E-state index in [1.807, 2.05) is 0 Å². The molecule has 0 unspecified atom stereocenters. The highest BCUT2D eigenvalue weighted by Gasteiger charge is 2.37. The molecule has 9 heteroatoms. The highest BCUT2D eigenvalue weighted by molar-refractivity contribution is 5.80. The van der Waals surface area contributed by atoms with Crippen molar-refractivity contribution in [2.75, 3.05) is 0 Å². The second kappa shape index (κ2) is 6.95. The molecule has 3 rings (SSSR count). The minimum absolute atomic E-state index is 0.0144. The van der Waals surface area contributed by atoms with Gasteiger partial charge >= 0.3 is 6.18 Å². The van der Waals surface area contributed by atoms with Crippen LogP contribution in [0.1, 0.15) is 11.3 Å². The lowest BCUT2D eigenvalue weighted by Gasteiger charge is -2.13. The van der Waals surface area contributed by atoms with E-state index in [2.05, 4.69) is 15.3 Å². The number of rotatable bonds is 4. The number of hydrogen-bond donors (Lipinski definition) is 1.